The number of aromatic nitrogens is 1. The van der Waals surface area contributed by atoms with Crippen LogP contribution in [0.5, 0.6) is 0 Å². The number of halogens is 1. The molecule has 0 spiro atoms. The minimum absolute atomic E-state index is 0.184. The Morgan fingerprint density at radius 3 is 3.13 bits per heavy atom. The summed E-state index contributed by atoms with van der Waals surface area (Å²) >= 11 is 5.81. The number of hydrogen-bond acceptors (Lipinski definition) is 3. The van der Waals surface area contributed by atoms with Crippen LogP contribution in [-0.4, -0.2) is 16.9 Å². The van der Waals surface area contributed by atoms with Crippen LogP contribution in [-0.2, 0) is 4.79 Å². The molecule has 78 valence electrons. The zero-order valence-corrected chi connectivity index (χ0v) is 8.66. The molecular weight excluding hydrogens is 214 g/mol. The number of amides is 1. The second kappa shape index (κ2) is 5.35. The van der Waals surface area contributed by atoms with Crippen molar-refractivity contribution in [3.63, 3.8) is 0 Å². The van der Waals surface area contributed by atoms with E-state index in [9.17, 15) is 4.79 Å². The second-order valence-corrected chi connectivity index (χ2v) is 3.27. The van der Waals surface area contributed by atoms with Gasteiger partial charge >= 0.3 is 0 Å². The maximum absolute atomic E-state index is 11.4. The highest BCUT2D eigenvalue weighted by atomic mass is 35.5. The summed E-state index contributed by atoms with van der Waals surface area (Å²) in [6.45, 7) is 0. The Labute approximate surface area is 92.8 Å². The Bertz CT molecular complexity index is 400. The predicted octanol–water partition coefficient (Wildman–Crippen LogP) is 1.02. The van der Waals surface area contributed by atoms with Gasteiger partial charge in [0.2, 0.25) is 5.91 Å². The lowest BCUT2D eigenvalue weighted by atomic mass is 10.2. The lowest BCUT2D eigenvalue weighted by molar-refractivity contribution is -0.117. The fourth-order valence-electron chi connectivity index (χ4n) is 0.915. The van der Waals surface area contributed by atoms with Crippen molar-refractivity contribution < 1.29 is 4.79 Å². The number of hydrogen-bond donors (Lipinski definition) is 2. The molecular formula is C10H10ClN3O. The van der Waals surface area contributed by atoms with Crippen LogP contribution in [0.25, 0.3) is 0 Å². The molecule has 0 saturated carbocycles. The molecule has 1 rings (SSSR count). The number of anilines is 1. The van der Waals surface area contributed by atoms with E-state index in [0.717, 1.165) is 0 Å². The van der Waals surface area contributed by atoms with Crippen molar-refractivity contribution in [2.75, 3.05) is 5.32 Å². The molecule has 0 aromatic carbocycles. The monoisotopic (exact) mass is 223 g/mol. The van der Waals surface area contributed by atoms with Crippen molar-refractivity contribution in [2.45, 2.75) is 12.5 Å². The van der Waals surface area contributed by atoms with Gasteiger partial charge in [0.25, 0.3) is 0 Å². The van der Waals surface area contributed by atoms with Crippen molar-refractivity contribution in [3.8, 4) is 12.3 Å². The molecule has 1 aromatic rings. The normalized spacial score (nSPS) is 11.5. The van der Waals surface area contributed by atoms with Crippen LogP contribution >= 0.6 is 11.6 Å². The number of nitrogens with one attached hydrogen (secondary N) is 1. The molecule has 1 amide bonds. The van der Waals surface area contributed by atoms with E-state index in [1.807, 2.05) is 0 Å². The van der Waals surface area contributed by atoms with Gasteiger partial charge in [0, 0.05) is 12.6 Å². The number of pyridine rings is 1. The number of rotatable bonds is 3. The van der Waals surface area contributed by atoms with Gasteiger partial charge < -0.3 is 11.1 Å². The van der Waals surface area contributed by atoms with Crippen molar-refractivity contribution >= 4 is 23.2 Å². The minimum atomic E-state index is -0.730. The summed E-state index contributed by atoms with van der Waals surface area (Å²) in [6, 6.07) is 0.843. The molecule has 1 aromatic heterocycles. The Kier molecular flexibility index (Phi) is 4.10. The molecule has 5 heteroatoms. The van der Waals surface area contributed by atoms with Gasteiger partial charge in [-0.1, -0.05) is 11.6 Å². The van der Waals surface area contributed by atoms with Gasteiger partial charge in [0.15, 0.2) is 0 Å². The second-order valence-electron chi connectivity index (χ2n) is 2.86. The number of nitrogens with zero attached hydrogens (tertiary/aromatic N) is 1. The molecule has 0 fully saturated rings. The Hall–Kier alpha value is -1.57. The molecule has 1 unspecified atom stereocenters. The molecule has 4 nitrogen and oxygen atoms in total. The molecule has 0 aliphatic carbocycles. The van der Waals surface area contributed by atoms with Gasteiger partial charge in [0.1, 0.15) is 0 Å². The first-order chi connectivity index (χ1) is 7.15. The predicted molar refractivity (Wildman–Crippen MR) is 59.3 cm³/mol. The lowest BCUT2D eigenvalue weighted by Gasteiger charge is -2.09. The number of terminal acetylenes is 1. The quantitative estimate of drug-likeness (QED) is 0.752. The average Bonchev–Trinajstić information content (AvgIpc) is 2.21. The summed E-state index contributed by atoms with van der Waals surface area (Å²) in [5, 5.41) is 2.95. The number of carbonyl (C=O) groups excluding carboxylic acids is 1. The van der Waals surface area contributed by atoms with Gasteiger partial charge in [-0.2, -0.15) is 0 Å². The molecule has 0 bridgehead atoms. The van der Waals surface area contributed by atoms with Crippen LogP contribution in [0.2, 0.25) is 5.02 Å². The highest BCUT2D eigenvalue weighted by molar-refractivity contribution is 6.33. The van der Waals surface area contributed by atoms with Gasteiger partial charge in [-0.3, -0.25) is 9.78 Å². The zero-order chi connectivity index (χ0) is 11.3. The Balaban J connectivity index is 2.67. The van der Waals surface area contributed by atoms with Crippen molar-refractivity contribution in [1.82, 2.24) is 4.98 Å². The SMILES string of the molecule is C#CCC(N)C(=O)Nc1cnccc1Cl. The molecule has 0 aliphatic heterocycles. The van der Waals surface area contributed by atoms with Crippen LogP contribution in [0.3, 0.4) is 0 Å². The molecule has 1 atom stereocenters. The molecule has 0 saturated heterocycles. The highest BCUT2D eigenvalue weighted by Crippen LogP contribution is 2.19. The van der Waals surface area contributed by atoms with Crippen LogP contribution in [0.1, 0.15) is 6.42 Å². The van der Waals surface area contributed by atoms with Crippen LogP contribution < -0.4 is 11.1 Å². The summed E-state index contributed by atoms with van der Waals surface area (Å²) < 4.78 is 0. The van der Waals surface area contributed by atoms with E-state index in [1.54, 1.807) is 6.07 Å². The first-order valence-electron chi connectivity index (χ1n) is 4.24. The summed E-state index contributed by atoms with van der Waals surface area (Å²) in [4.78, 5) is 15.3. The maximum Gasteiger partial charge on any atom is 0.242 e. The van der Waals surface area contributed by atoms with Crippen LogP contribution in [0, 0.1) is 12.3 Å². The third kappa shape index (κ3) is 3.24. The van der Waals surface area contributed by atoms with Crippen LogP contribution in [0.15, 0.2) is 18.5 Å². The first kappa shape index (κ1) is 11.5. The fourth-order valence-corrected chi connectivity index (χ4v) is 1.07. The summed E-state index contributed by atoms with van der Waals surface area (Å²) in [7, 11) is 0. The zero-order valence-electron chi connectivity index (χ0n) is 7.90. The lowest BCUT2D eigenvalue weighted by Crippen LogP contribution is -2.35. The topological polar surface area (TPSA) is 68.0 Å². The maximum atomic E-state index is 11.4. The van der Waals surface area contributed by atoms with Crippen molar-refractivity contribution in [1.29, 1.82) is 0 Å². The molecule has 15 heavy (non-hydrogen) atoms. The molecule has 1 heterocycles. The fraction of sp³-hybridized carbons (Fsp3) is 0.200. The van der Waals surface area contributed by atoms with Crippen molar-refractivity contribution in [3.05, 3.63) is 23.5 Å². The summed E-state index contributed by atoms with van der Waals surface area (Å²) in [5.74, 6) is 1.94. The summed E-state index contributed by atoms with van der Waals surface area (Å²) in [5.41, 5.74) is 5.94. The number of nitrogens with two attached hydrogens (primary N) is 1. The van der Waals surface area contributed by atoms with Gasteiger partial charge in [-0.05, 0) is 6.07 Å². The molecule has 0 aliphatic rings. The largest absolute Gasteiger partial charge is 0.322 e. The van der Waals surface area contributed by atoms with E-state index >= 15 is 0 Å². The summed E-state index contributed by atoms with van der Waals surface area (Å²) in [6.07, 6.45) is 8.20. The van der Waals surface area contributed by atoms with E-state index in [0.29, 0.717) is 10.7 Å². The Morgan fingerprint density at radius 2 is 2.53 bits per heavy atom. The van der Waals surface area contributed by atoms with Crippen LogP contribution in [0.4, 0.5) is 5.69 Å². The van der Waals surface area contributed by atoms with E-state index in [2.05, 4.69) is 16.2 Å². The van der Waals surface area contributed by atoms with Gasteiger partial charge in [-0.25, -0.2) is 0 Å². The molecule has 3 N–H and O–H groups in total. The first-order valence-corrected chi connectivity index (χ1v) is 4.62. The third-order valence-electron chi connectivity index (χ3n) is 1.70. The van der Waals surface area contributed by atoms with Gasteiger partial charge in [0.05, 0.1) is 22.9 Å². The van der Waals surface area contributed by atoms with Crippen molar-refractivity contribution in [2.24, 2.45) is 5.73 Å². The van der Waals surface area contributed by atoms with E-state index in [4.69, 9.17) is 23.8 Å². The highest BCUT2D eigenvalue weighted by Gasteiger charge is 2.13. The van der Waals surface area contributed by atoms with E-state index in [-0.39, 0.29) is 12.3 Å². The number of carbonyl (C=O) groups is 1. The average molecular weight is 224 g/mol. The van der Waals surface area contributed by atoms with E-state index in [1.165, 1.54) is 12.4 Å². The molecule has 0 radical (unpaired) electrons. The standard InChI is InChI=1S/C10H10ClN3O/c1-2-3-8(12)10(15)14-9-6-13-5-4-7(9)11/h1,4-6,8H,3,12H2,(H,14,15). The van der Waals surface area contributed by atoms with Gasteiger partial charge in [-0.15, -0.1) is 12.3 Å². The Morgan fingerprint density at radius 1 is 1.80 bits per heavy atom. The third-order valence-corrected chi connectivity index (χ3v) is 2.03. The smallest absolute Gasteiger partial charge is 0.242 e. The van der Waals surface area contributed by atoms with E-state index < -0.39 is 6.04 Å². The minimum Gasteiger partial charge on any atom is -0.322 e.